The second kappa shape index (κ2) is 8.18. The van der Waals surface area contributed by atoms with Crippen molar-refractivity contribution in [2.24, 2.45) is 0 Å². The number of carboxylic acid groups (broad SMARTS) is 1. The molecule has 1 aromatic carbocycles. The van der Waals surface area contributed by atoms with Gasteiger partial charge in [0, 0.05) is 0 Å². The quantitative estimate of drug-likeness (QED) is 0.748. The van der Waals surface area contributed by atoms with Gasteiger partial charge in [0.05, 0.1) is 18.0 Å². The zero-order valence-electron chi connectivity index (χ0n) is 12.2. The van der Waals surface area contributed by atoms with E-state index in [1.165, 1.54) is 0 Å². The number of terminal acetylenes is 1. The van der Waals surface area contributed by atoms with Gasteiger partial charge in [-0.3, -0.25) is 0 Å². The molecule has 0 saturated heterocycles. The Morgan fingerprint density at radius 1 is 1.43 bits per heavy atom. The standard InChI is InChI=1S/C15H14FNO5S/c1-3-5-9-17(8-4-2)23(20,21)12-6-7-14(13(16)10-12)22-11-15(18)19/h2,6-7,10H,8-9,11H2,1H3,(H,18,19). The fraction of sp³-hybridized carbons (Fsp3) is 0.267. The summed E-state index contributed by atoms with van der Waals surface area (Å²) < 4.78 is 44.3. The van der Waals surface area contributed by atoms with Crippen molar-refractivity contribution in [1.82, 2.24) is 4.31 Å². The lowest BCUT2D eigenvalue weighted by atomic mass is 10.3. The molecule has 0 unspecified atom stereocenters. The highest BCUT2D eigenvalue weighted by Crippen LogP contribution is 2.23. The normalized spacial score (nSPS) is 10.5. The van der Waals surface area contributed by atoms with Crippen LogP contribution in [0.3, 0.4) is 0 Å². The summed E-state index contributed by atoms with van der Waals surface area (Å²) in [5, 5.41) is 8.48. The number of hydrogen-bond donors (Lipinski definition) is 1. The smallest absolute Gasteiger partial charge is 0.341 e. The molecule has 0 amide bonds. The van der Waals surface area contributed by atoms with Gasteiger partial charge in [-0.1, -0.05) is 11.8 Å². The lowest BCUT2D eigenvalue weighted by Gasteiger charge is -2.17. The van der Waals surface area contributed by atoms with Crippen LogP contribution in [0.5, 0.6) is 5.75 Å². The summed E-state index contributed by atoms with van der Waals surface area (Å²) in [4.78, 5) is 10.1. The van der Waals surface area contributed by atoms with Crippen molar-refractivity contribution < 1.29 is 27.4 Å². The molecule has 0 bridgehead atoms. The summed E-state index contributed by atoms with van der Waals surface area (Å²) in [7, 11) is -4.03. The molecule has 8 heteroatoms. The number of carbonyl (C=O) groups is 1. The lowest BCUT2D eigenvalue weighted by molar-refractivity contribution is -0.139. The summed E-state index contributed by atoms with van der Waals surface area (Å²) in [6, 6.07) is 2.90. The fourth-order valence-corrected chi connectivity index (χ4v) is 2.81. The molecule has 0 aliphatic carbocycles. The van der Waals surface area contributed by atoms with Gasteiger partial charge in [0.25, 0.3) is 0 Å². The first-order valence-corrected chi connectivity index (χ1v) is 7.74. The summed E-state index contributed by atoms with van der Waals surface area (Å²) >= 11 is 0. The Morgan fingerprint density at radius 2 is 2.13 bits per heavy atom. The van der Waals surface area contributed by atoms with Crippen molar-refractivity contribution >= 4 is 16.0 Å². The fourth-order valence-electron chi connectivity index (χ4n) is 1.54. The van der Waals surface area contributed by atoms with Crippen molar-refractivity contribution in [3.8, 4) is 29.9 Å². The molecule has 0 saturated carbocycles. The van der Waals surface area contributed by atoms with Crippen molar-refractivity contribution in [2.45, 2.75) is 11.8 Å². The zero-order chi connectivity index (χ0) is 17.5. The molecule has 23 heavy (non-hydrogen) atoms. The van der Waals surface area contributed by atoms with Crippen LogP contribution < -0.4 is 4.74 Å². The molecule has 1 N–H and O–H groups in total. The number of benzene rings is 1. The van der Waals surface area contributed by atoms with Gasteiger partial charge in [-0.05, 0) is 25.1 Å². The van der Waals surface area contributed by atoms with E-state index in [0.717, 1.165) is 22.5 Å². The van der Waals surface area contributed by atoms with Crippen molar-refractivity contribution in [3.63, 3.8) is 0 Å². The van der Waals surface area contributed by atoms with Crippen molar-refractivity contribution in [2.75, 3.05) is 19.7 Å². The van der Waals surface area contributed by atoms with Gasteiger partial charge in [-0.25, -0.2) is 17.6 Å². The van der Waals surface area contributed by atoms with Gasteiger partial charge in [0.2, 0.25) is 10.0 Å². The minimum Gasteiger partial charge on any atom is -0.479 e. The van der Waals surface area contributed by atoms with Crippen LogP contribution in [0.15, 0.2) is 23.1 Å². The lowest BCUT2D eigenvalue weighted by Crippen LogP contribution is -2.32. The Labute approximate surface area is 133 Å². The average molecular weight is 339 g/mol. The van der Waals surface area contributed by atoms with Crippen LogP contribution in [0, 0.1) is 30.0 Å². The van der Waals surface area contributed by atoms with Gasteiger partial charge in [-0.2, -0.15) is 4.31 Å². The Hall–Kier alpha value is -2.55. The number of rotatable bonds is 7. The zero-order valence-corrected chi connectivity index (χ0v) is 13.1. The Bertz CT molecular complexity index is 786. The summed E-state index contributed by atoms with van der Waals surface area (Å²) in [5.41, 5.74) is 0. The van der Waals surface area contributed by atoms with Gasteiger partial charge < -0.3 is 9.84 Å². The number of hydrogen-bond acceptors (Lipinski definition) is 4. The third-order valence-corrected chi connectivity index (χ3v) is 4.38. The maximum atomic E-state index is 13.9. The van der Waals surface area contributed by atoms with Crippen molar-refractivity contribution in [3.05, 3.63) is 24.0 Å². The first-order valence-electron chi connectivity index (χ1n) is 6.30. The van der Waals surface area contributed by atoms with Crippen LogP contribution in [0.1, 0.15) is 6.92 Å². The van der Waals surface area contributed by atoms with Crippen LogP contribution >= 0.6 is 0 Å². The molecule has 1 aromatic rings. The monoisotopic (exact) mass is 339 g/mol. The maximum Gasteiger partial charge on any atom is 0.341 e. The summed E-state index contributed by atoms with van der Waals surface area (Å²) in [6.07, 6.45) is 5.14. The minimum absolute atomic E-state index is 0.123. The number of halogens is 1. The third kappa shape index (κ3) is 4.99. The van der Waals surface area contributed by atoms with Crippen LogP contribution in [0.2, 0.25) is 0 Å². The van der Waals surface area contributed by atoms with Crippen LogP contribution in [0.4, 0.5) is 4.39 Å². The predicted octanol–water partition coefficient (Wildman–Crippen LogP) is 0.936. The largest absolute Gasteiger partial charge is 0.479 e. The molecular weight excluding hydrogens is 325 g/mol. The van der Waals surface area contributed by atoms with Crippen LogP contribution in [-0.4, -0.2) is 43.5 Å². The number of nitrogens with zero attached hydrogens (tertiary/aromatic N) is 1. The summed E-state index contributed by atoms with van der Waals surface area (Å²) in [5.74, 6) is 4.72. The molecule has 6 nitrogen and oxygen atoms in total. The Balaban J connectivity index is 3.12. The summed E-state index contributed by atoms with van der Waals surface area (Å²) in [6.45, 7) is 0.477. The Kier molecular flexibility index (Phi) is 6.58. The van der Waals surface area contributed by atoms with E-state index in [1.54, 1.807) is 6.92 Å². The Morgan fingerprint density at radius 3 is 2.65 bits per heavy atom. The van der Waals surface area contributed by atoms with E-state index in [-0.39, 0.29) is 23.7 Å². The highest BCUT2D eigenvalue weighted by Gasteiger charge is 2.24. The molecule has 0 aliphatic heterocycles. The van der Waals surface area contributed by atoms with E-state index < -0.39 is 28.4 Å². The molecular formula is C15H14FNO5S. The van der Waals surface area contributed by atoms with Crippen LogP contribution in [0.25, 0.3) is 0 Å². The average Bonchev–Trinajstić information content (AvgIpc) is 2.49. The molecule has 0 aliphatic rings. The second-order valence-electron chi connectivity index (χ2n) is 4.18. The van der Waals surface area contributed by atoms with E-state index in [1.807, 2.05) is 0 Å². The van der Waals surface area contributed by atoms with E-state index in [0.29, 0.717) is 0 Å². The van der Waals surface area contributed by atoms with Gasteiger partial charge in [-0.15, -0.1) is 12.3 Å². The van der Waals surface area contributed by atoms with Gasteiger partial charge >= 0.3 is 5.97 Å². The third-order valence-electron chi connectivity index (χ3n) is 2.59. The molecule has 0 spiro atoms. The maximum absolute atomic E-state index is 13.9. The molecule has 0 atom stereocenters. The minimum atomic E-state index is -4.03. The molecule has 0 radical (unpaired) electrons. The van der Waals surface area contributed by atoms with E-state index in [2.05, 4.69) is 17.8 Å². The molecule has 122 valence electrons. The molecule has 0 heterocycles. The number of carboxylic acids is 1. The van der Waals surface area contributed by atoms with Gasteiger partial charge in [0.15, 0.2) is 18.2 Å². The number of aliphatic carboxylic acids is 1. The van der Waals surface area contributed by atoms with E-state index in [9.17, 15) is 17.6 Å². The highest BCUT2D eigenvalue weighted by molar-refractivity contribution is 7.89. The van der Waals surface area contributed by atoms with E-state index >= 15 is 0 Å². The SMILES string of the molecule is C#CCN(CC#CC)S(=O)(=O)c1ccc(OCC(=O)O)c(F)c1. The van der Waals surface area contributed by atoms with E-state index in [4.69, 9.17) is 16.3 Å². The number of ether oxygens (including phenoxy) is 1. The van der Waals surface area contributed by atoms with Crippen LogP contribution in [-0.2, 0) is 14.8 Å². The predicted molar refractivity (Wildman–Crippen MR) is 80.6 cm³/mol. The molecule has 0 aromatic heterocycles. The topological polar surface area (TPSA) is 83.9 Å². The van der Waals surface area contributed by atoms with Gasteiger partial charge in [0.1, 0.15) is 0 Å². The second-order valence-corrected chi connectivity index (χ2v) is 6.12. The molecule has 1 rings (SSSR count). The van der Waals surface area contributed by atoms with Crippen molar-refractivity contribution in [1.29, 1.82) is 0 Å². The first-order chi connectivity index (χ1) is 10.8. The highest BCUT2D eigenvalue weighted by atomic mass is 32.2. The first kappa shape index (κ1) is 18.5. The number of sulfonamides is 1. The molecule has 0 fully saturated rings.